The maximum Gasteiger partial charge on any atom is 0.253 e. The van der Waals surface area contributed by atoms with Gasteiger partial charge in [0.15, 0.2) is 0 Å². The fourth-order valence-electron chi connectivity index (χ4n) is 4.06. The van der Waals surface area contributed by atoms with Crippen molar-refractivity contribution in [1.82, 2.24) is 10.2 Å². The van der Waals surface area contributed by atoms with Gasteiger partial charge in [-0.3, -0.25) is 9.59 Å². The number of amides is 2. The van der Waals surface area contributed by atoms with Crippen LogP contribution in [0, 0.1) is 13.8 Å². The Morgan fingerprint density at radius 3 is 2.27 bits per heavy atom. The third-order valence-electron chi connectivity index (χ3n) is 6.44. The first-order valence-electron chi connectivity index (χ1n) is 12.0. The molecule has 1 saturated heterocycles. The van der Waals surface area contributed by atoms with E-state index in [4.69, 9.17) is 4.74 Å². The third kappa shape index (κ3) is 7.08. The van der Waals surface area contributed by atoms with E-state index in [1.54, 1.807) is 0 Å². The molecule has 1 aliphatic rings. The zero-order valence-corrected chi connectivity index (χ0v) is 20.7. The van der Waals surface area contributed by atoms with Crippen LogP contribution in [-0.2, 0) is 10.2 Å². The van der Waals surface area contributed by atoms with Crippen LogP contribution < -0.4 is 10.1 Å². The molecule has 1 aliphatic heterocycles. The van der Waals surface area contributed by atoms with Crippen molar-refractivity contribution in [3.05, 3.63) is 64.7 Å². The van der Waals surface area contributed by atoms with Crippen LogP contribution in [0.25, 0.3) is 0 Å². The highest BCUT2D eigenvalue weighted by Gasteiger charge is 2.24. The lowest BCUT2D eigenvalue weighted by Gasteiger charge is -2.32. The molecule has 0 aliphatic carbocycles. The molecule has 0 bridgehead atoms. The Labute approximate surface area is 198 Å². The minimum Gasteiger partial charge on any atom is -0.494 e. The number of rotatable bonds is 7. The number of carbonyl (C=O) groups is 2. The van der Waals surface area contributed by atoms with Gasteiger partial charge in [-0.2, -0.15) is 0 Å². The number of hydrogen-bond donors (Lipinski definition) is 1. The summed E-state index contributed by atoms with van der Waals surface area (Å²) in [5.41, 5.74) is 4.47. The zero-order chi connectivity index (χ0) is 24.0. The molecule has 178 valence electrons. The molecule has 2 aromatic carbocycles. The Hall–Kier alpha value is -2.82. The van der Waals surface area contributed by atoms with Gasteiger partial charge >= 0.3 is 0 Å². The maximum atomic E-state index is 12.8. The lowest BCUT2D eigenvalue weighted by atomic mass is 9.87. The molecule has 1 N–H and O–H groups in total. The first-order valence-corrected chi connectivity index (χ1v) is 12.0. The number of ether oxygens (including phenoxy) is 1. The predicted molar refractivity (Wildman–Crippen MR) is 133 cm³/mol. The molecule has 0 spiro atoms. The van der Waals surface area contributed by atoms with Gasteiger partial charge in [0.2, 0.25) is 5.91 Å². The van der Waals surface area contributed by atoms with E-state index in [1.807, 2.05) is 49.1 Å². The largest absolute Gasteiger partial charge is 0.494 e. The van der Waals surface area contributed by atoms with E-state index >= 15 is 0 Å². The van der Waals surface area contributed by atoms with Crippen molar-refractivity contribution in [2.45, 2.75) is 71.8 Å². The highest BCUT2D eigenvalue weighted by atomic mass is 16.5. The Kier molecular flexibility index (Phi) is 8.17. The van der Waals surface area contributed by atoms with E-state index in [0.29, 0.717) is 32.5 Å². The monoisotopic (exact) mass is 450 g/mol. The average Bonchev–Trinajstić information content (AvgIpc) is 2.78. The molecule has 0 unspecified atom stereocenters. The molecule has 0 saturated carbocycles. The molecule has 33 heavy (non-hydrogen) atoms. The van der Waals surface area contributed by atoms with E-state index < -0.39 is 0 Å². The van der Waals surface area contributed by atoms with Crippen LogP contribution in [0.4, 0.5) is 0 Å². The number of likely N-dealkylation sites (tertiary alicyclic amines) is 1. The smallest absolute Gasteiger partial charge is 0.253 e. The second-order valence-electron chi connectivity index (χ2n) is 10.2. The second kappa shape index (κ2) is 10.9. The normalized spacial score (nSPS) is 14.8. The second-order valence-corrected chi connectivity index (χ2v) is 10.2. The molecule has 2 amide bonds. The standard InChI is InChI=1S/C28H38N2O3/c1-20-8-9-22(19-21(20)2)27(32)30-16-14-24(15-17-30)29-26(31)7-6-18-33-25-12-10-23(11-13-25)28(3,4)5/h8-13,19,24H,6-7,14-18H2,1-5H3,(H,29,31). The summed E-state index contributed by atoms with van der Waals surface area (Å²) in [4.78, 5) is 27.0. The Bertz CT molecular complexity index is 952. The van der Waals surface area contributed by atoms with Gasteiger partial charge in [0, 0.05) is 31.1 Å². The van der Waals surface area contributed by atoms with E-state index in [1.165, 1.54) is 11.1 Å². The number of hydrogen-bond acceptors (Lipinski definition) is 3. The van der Waals surface area contributed by atoms with Gasteiger partial charge in [0.05, 0.1) is 6.61 Å². The molecule has 3 rings (SSSR count). The topological polar surface area (TPSA) is 58.6 Å². The van der Waals surface area contributed by atoms with Gasteiger partial charge in [-0.05, 0) is 79.5 Å². The number of carbonyl (C=O) groups excluding carboxylic acids is 2. The van der Waals surface area contributed by atoms with Crippen molar-refractivity contribution in [2.75, 3.05) is 19.7 Å². The molecule has 1 fully saturated rings. The number of aryl methyl sites for hydroxylation is 2. The first kappa shape index (κ1) is 24.8. The van der Waals surface area contributed by atoms with Gasteiger partial charge < -0.3 is 15.0 Å². The van der Waals surface area contributed by atoms with Crippen LogP contribution in [0.15, 0.2) is 42.5 Å². The molecule has 0 radical (unpaired) electrons. The molecule has 1 heterocycles. The molecular weight excluding hydrogens is 412 g/mol. The molecule has 5 nitrogen and oxygen atoms in total. The lowest BCUT2D eigenvalue weighted by Crippen LogP contribution is -2.46. The predicted octanol–water partition coefficient (Wildman–Crippen LogP) is 5.18. The van der Waals surface area contributed by atoms with E-state index in [9.17, 15) is 9.59 Å². The fraction of sp³-hybridized carbons (Fsp3) is 0.500. The molecule has 0 atom stereocenters. The fourth-order valence-corrected chi connectivity index (χ4v) is 4.06. The summed E-state index contributed by atoms with van der Waals surface area (Å²) in [6.07, 6.45) is 2.71. The van der Waals surface area contributed by atoms with E-state index in [-0.39, 0.29) is 23.3 Å². The minimum absolute atomic E-state index is 0.0561. The highest BCUT2D eigenvalue weighted by Crippen LogP contribution is 2.24. The Morgan fingerprint density at radius 1 is 1.00 bits per heavy atom. The number of nitrogens with one attached hydrogen (secondary N) is 1. The van der Waals surface area contributed by atoms with Gasteiger partial charge in [0.1, 0.15) is 5.75 Å². The Morgan fingerprint density at radius 2 is 1.67 bits per heavy atom. The molecule has 0 aromatic heterocycles. The average molecular weight is 451 g/mol. The highest BCUT2D eigenvalue weighted by molar-refractivity contribution is 5.94. The van der Waals surface area contributed by atoms with Crippen molar-refractivity contribution in [1.29, 1.82) is 0 Å². The summed E-state index contributed by atoms with van der Waals surface area (Å²) in [7, 11) is 0. The quantitative estimate of drug-likeness (QED) is 0.591. The van der Waals surface area contributed by atoms with Gasteiger partial charge in [-0.15, -0.1) is 0 Å². The Balaban J connectivity index is 1.34. The maximum absolute atomic E-state index is 12.8. The van der Waals surface area contributed by atoms with Crippen LogP contribution in [0.1, 0.15) is 73.5 Å². The summed E-state index contributed by atoms with van der Waals surface area (Å²) in [5.74, 6) is 0.973. The summed E-state index contributed by atoms with van der Waals surface area (Å²) >= 11 is 0. The number of piperidine rings is 1. The minimum atomic E-state index is 0.0561. The summed E-state index contributed by atoms with van der Waals surface area (Å²) < 4.78 is 5.79. The number of benzene rings is 2. The van der Waals surface area contributed by atoms with Crippen molar-refractivity contribution in [2.24, 2.45) is 0 Å². The van der Waals surface area contributed by atoms with Gasteiger partial charge in [0.25, 0.3) is 5.91 Å². The summed E-state index contributed by atoms with van der Waals surface area (Å²) in [6, 6.07) is 14.2. The van der Waals surface area contributed by atoms with Gasteiger partial charge in [-0.25, -0.2) is 0 Å². The van der Waals surface area contributed by atoms with E-state index in [2.05, 4.69) is 38.2 Å². The van der Waals surface area contributed by atoms with E-state index in [0.717, 1.165) is 29.7 Å². The molecule has 5 heteroatoms. The van der Waals surface area contributed by atoms with Crippen LogP contribution >= 0.6 is 0 Å². The van der Waals surface area contributed by atoms with Crippen LogP contribution in [0.5, 0.6) is 5.75 Å². The van der Waals surface area contributed by atoms with Gasteiger partial charge in [-0.1, -0.05) is 39.0 Å². The molecular formula is C28H38N2O3. The lowest BCUT2D eigenvalue weighted by molar-refractivity contribution is -0.122. The zero-order valence-electron chi connectivity index (χ0n) is 20.7. The van der Waals surface area contributed by atoms with Crippen molar-refractivity contribution >= 4 is 11.8 Å². The van der Waals surface area contributed by atoms with Crippen LogP contribution in [0.3, 0.4) is 0 Å². The summed E-state index contributed by atoms with van der Waals surface area (Å²) in [5, 5.41) is 3.12. The third-order valence-corrected chi connectivity index (χ3v) is 6.44. The first-order chi connectivity index (χ1) is 15.6. The summed E-state index contributed by atoms with van der Waals surface area (Å²) in [6.45, 7) is 12.5. The van der Waals surface area contributed by atoms with Crippen LogP contribution in [0.2, 0.25) is 0 Å². The van der Waals surface area contributed by atoms with Crippen molar-refractivity contribution < 1.29 is 14.3 Å². The van der Waals surface area contributed by atoms with Crippen molar-refractivity contribution in [3.63, 3.8) is 0 Å². The van der Waals surface area contributed by atoms with Crippen molar-refractivity contribution in [3.8, 4) is 5.75 Å². The SMILES string of the molecule is Cc1ccc(C(=O)N2CCC(NC(=O)CCCOc3ccc(C(C)(C)C)cc3)CC2)cc1C. The number of nitrogens with zero attached hydrogens (tertiary/aromatic N) is 1. The van der Waals surface area contributed by atoms with Crippen LogP contribution in [-0.4, -0.2) is 42.5 Å². The molecule has 2 aromatic rings.